The van der Waals surface area contributed by atoms with Crippen LogP contribution in [0.4, 0.5) is 0 Å². The van der Waals surface area contributed by atoms with Crippen molar-refractivity contribution in [3.05, 3.63) is 89.7 Å². The van der Waals surface area contributed by atoms with Gasteiger partial charge in [0.1, 0.15) is 18.1 Å². The van der Waals surface area contributed by atoms with Crippen molar-refractivity contribution < 1.29 is 19.4 Å². The molecule has 2 amide bonds. The van der Waals surface area contributed by atoms with Gasteiger partial charge in [-0.1, -0.05) is 18.2 Å². The first-order valence-corrected chi connectivity index (χ1v) is 9.59. The number of amides is 2. The van der Waals surface area contributed by atoms with E-state index in [-0.39, 0.29) is 17.6 Å². The second-order valence-corrected chi connectivity index (χ2v) is 6.59. The predicted molar refractivity (Wildman–Crippen MR) is 112 cm³/mol. The van der Waals surface area contributed by atoms with Gasteiger partial charge >= 0.3 is 0 Å². The van der Waals surface area contributed by atoms with E-state index in [1.807, 2.05) is 12.1 Å². The molecule has 2 aromatic carbocycles. The molecular formula is C23H23N3O4. The third-order valence-electron chi connectivity index (χ3n) is 4.26. The predicted octanol–water partition coefficient (Wildman–Crippen LogP) is 2.92. The van der Waals surface area contributed by atoms with Crippen LogP contribution >= 0.6 is 0 Å². The summed E-state index contributed by atoms with van der Waals surface area (Å²) in [5.41, 5.74) is 1.84. The highest BCUT2D eigenvalue weighted by Crippen LogP contribution is 2.15. The van der Waals surface area contributed by atoms with Crippen molar-refractivity contribution in [1.29, 1.82) is 0 Å². The van der Waals surface area contributed by atoms with Gasteiger partial charge in [0.2, 0.25) is 0 Å². The Morgan fingerprint density at radius 1 is 0.900 bits per heavy atom. The number of aromatic nitrogens is 1. The Morgan fingerprint density at radius 2 is 1.60 bits per heavy atom. The zero-order valence-electron chi connectivity index (χ0n) is 16.4. The summed E-state index contributed by atoms with van der Waals surface area (Å²) in [7, 11) is 0. The molecule has 0 unspecified atom stereocenters. The Bertz CT molecular complexity index is 993. The molecule has 0 bridgehead atoms. The number of nitrogens with one attached hydrogen (secondary N) is 2. The number of carbonyl (C=O) groups is 2. The van der Waals surface area contributed by atoms with E-state index in [9.17, 15) is 14.7 Å². The first-order chi connectivity index (χ1) is 14.6. The maximum atomic E-state index is 12.3. The number of aromatic hydroxyl groups is 1. The van der Waals surface area contributed by atoms with Crippen molar-refractivity contribution in [2.45, 2.75) is 13.0 Å². The smallest absolute Gasteiger partial charge is 0.251 e. The summed E-state index contributed by atoms with van der Waals surface area (Å²) < 4.78 is 5.72. The summed E-state index contributed by atoms with van der Waals surface area (Å²) in [6.07, 6.45) is 4.01. The van der Waals surface area contributed by atoms with Gasteiger partial charge in [-0.05, 0) is 48.9 Å². The Kier molecular flexibility index (Phi) is 7.38. The highest BCUT2D eigenvalue weighted by molar-refractivity contribution is 5.95. The maximum Gasteiger partial charge on any atom is 0.251 e. The number of pyridine rings is 1. The lowest BCUT2D eigenvalue weighted by Crippen LogP contribution is -2.29. The van der Waals surface area contributed by atoms with Gasteiger partial charge in [-0.2, -0.15) is 0 Å². The second kappa shape index (κ2) is 10.6. The van der Waals surface area contributed by atoms with E-state index in [0.29, 0.717) is 43.0 Å². The van der Waals surface area contributed by atoms with Gasteiger partial charge in [-0.25, -0.2) is 0 Å². The molecule has 0 aliphatic rings. The average Bonchev–Trinajstić information content (AvgIpc) is 2.78. The molecule has 0 radical (unpaired) electrons. The van der Waals surface area contributed by atoms with Crippen LogP contribution in [0.25, 0.3) is 0 Å². The highest BCUT2D eigenvalue weighted by Gasteiger charge is 2.08. The highest BCUT2D eigenvalue weighted by atomic mass is 16.5. The number of carbonyl (C=O) groups excluding carboxylic acids is 2. The Hall–Kier alpha value is -3.87. The fraction of sp³-hybridized carbons (Fsp3) is 0.174. The zero-order chi connectivity index (χ0) is 21.2. The maximum absolute atomic E-state index is 12.3. The number of rotatable bonds is 9. The summed E-state index contributed by atoms with van der Waals surface area (Å²) in [4.78, 5) is 28.4. The van der Waals surface area contributed by atoms with E-state index in [2.05, 4.69) is 15.6 Å². The van der Waals surface area contributed by atoms with Gasteiger partial charge in [0.05, 0.1) is 0 Å². The summed E-state index contributed by atoms with van der Waals surface area (Å²) in [6.45, 7) is 1.20. The summed E-state index contributed by atoms with van der Waals surface area (Å²) in [6, 6.07) is 16.9. The molecule has 0 atom stereocenters. The summed E-state index contributed by atoms with van der Waals surface area (Å²) in [5, 5.41) is 15.0. The fourth-order valence-corrected chi connectivity index (χ4v) is 2.72. The molecule has 0 saturated carbocycles. The van der Waals surface area contributed by atoms with E-state index >= 15 is 0 Å². The zero-order valence-corrected chi connectivity index (χ0v) is 16.4. The number of phenols is 1. The minimum Gasteiger partial charge on any atom is -0.508 e. The van der Waals surface area contributed by atoms with Crippen molar-refractivity contribution in [3.63, 3.8) is 0 Å². The van der Waals surface area contributed by atoms with Crippen LogP contribution in [-0.4, -0.2) is 35.0 Å². The normalized spacial score (nSPS) is 10.3. The third kappa shape index (κ3) is 6.34. The topological polar surface area (TPSA) is 101 Å². The molecule has 3 rings (SSSR count). The molecule has 0 aliphatic carbocycles. The number of benzene rings is 2. The molecule has 154 valence electrons. The Morgan fingerprint density at radius 3 is 2.27 bits per heavy atom. The Labute approximate surface area is 174 Å². The lowest BCUT2D eigenvalue weighted by atomic mass is 10.2. The van der Waals surface area contributed by atoms with Crippen LogP contribution in [0, 0.1) is 0 Å². The average molecular weight is 405 g/mol. The molecule has 30 heavy (non-hydrogen) atoms. The van der Waals surface area contributed by atoms with Crippen LogP contribution in [0.2, 0.25) is 0 Å². The molecule has 0 fully saturated rings. The van der Waals surface area contributed by atoms with Crippen LogP contribution in [0.1, 0.15) is 32.7 Å². The van der Waals surface area contributed by atoms with E-state index in [1.54, 1.807) is 48.8 Å². The molecule has 0 spiro atoms. The lowest BCUT2D eigenvalue weighted by Gasteiger charge is -2.09. The van der Waals surface area contributed by atoms with Crippen molar-refractivity contribution >= 4 is 11.8 Å². The number of hydrogen-bond acceptors (Lipinski definition) is 5. The fourth-order valence-electron chi connectivity index (χ4n) is 2.72. The summed E-state index contributed by atoms with van der Waals surface area (Å²) in [5.74, 6) is 0.170. The molecule has 1 aromatic heterocycles. The van der Waals surface area contributed by atoms with Gasteiger partial charge in [-0.3, -0.25) is 14.6 Å². The Balaban J connectivity index is 1.40. The molecule has 7 heteroatoms. The molecular weight excluding hydrogens is 382 g/mol. The minimum atomic E-state index is -0.268. The van der Waals surface area contributed by atoms with Crippen molar-refractivity contribution in [3.8, 4) is 11.5 Å². The molecule has 0 saturated heterocycles. The first kappa shape index (κ1) is 20.9. The molecule has 3 N–H and O–H groups in total. The number of hydrogen-bond donors (Lipinski definition) is 3. The van der Waals surface area contributed by atoms with Crippen molar-refractivity contribution in [2.24, 2.45) is 0 Å². The quantitative estimate of drug-likeness (QED) is 0.475. The van der Waals surface area contributed by atoms with Gasteiger partial charge in [-0.15, -0.1) is 0 Å². The van der Waals surface area contributed by atoms with Crippen molar-refractivity contribution in [2.75, 3.05) is 13.1 Å². The van der Waals surface area contributed by atoms with E-state index < -0.39 is 0 Å². The number of ether oxygens (including phenoxy) is 1. The van der Waals surface area contributed by atoms with Gasteiger partial charge in [0.15, 0.2) is 0 Å². The second-order valence-electron chi connectivity index (χ2n) is 6.59. The number of nitrogens with zero attached hydrogens (tertiary/aromatic N) is 1. The number of phenolic OH excluding ortho intramolecular Hbond substituents is 1. The summed E-state index contributed by atoms with van der Waals surface area (Å²) >= 11 is 0. The molecule has 7 nitrogen and oxygen atoms in total. The third-order valence-corrected chi connectivity index (χ3v) is 4.26. The van der Waals surface area contributed by atoms with E-state index in [0.717, 1.165) is 5.56 Å². The van der Waals surface area contributed by atoms with Crippen LogP contribution in [0.3, 0.4) is 0 Å². The van der Waals surface area contributed by atoms with Crippen molar-refractivity contribution in [1.82, 2.24) is 15.6 Å². The van der Waals surface area contributed by atoms with Crippen LogP contribution in [0.5, 0.6) is 11.5 Å². The molecule has 3 aromatic rings. The monoisotopic (exact) mass is 405 g/mol. The molecule has 0 aliphatic heterocycles. The van der Waals surface area contributed by atoms with Crippen LogP contribution in [0.15, 0.2) is 73.1 Å². The lowest BCUT2D eigenvalue weighted by molar-refractivity contribution is 0.0951. The van der Waals surface area contributed by atoms with Crippen LogP contribution in [-0.2, 0) is 6.61 Å². The van der Waals surface area contributed by atoms with Crippen LogP contribution < -0.4 is 15.4 Å². The largest absolute Gasteiger partial charge is 0.508 e. The SMILES string of the molecule is O=C(NCCCNC(=O)c1cccc(OCc2cccnc2)c1)c1cccc(O)c1. The standard InChI is InChI=1S/C23H23N3O4/c27-20-8-1-6-18(13-20)22(28)25-11-4-12-26-23(29)19-7-2-9-21(14-19)30-16-17-5-3-10-24-15-17/h1-3,5-10,13-15,27H,4,11-12,16H2,(H,25,28)(H,26,29). The van der Waals surface area contributed by atoms with Gasteiger partial charge in [0, 0.05) is 42.2 Å². The van der Waals surface area contributed by atoms with E-state index in [4.69, 9.17) is 4.74 Å². The van der Waals surface area contributed by atoms with E-state index in [1.165, 1.54) is 12.1 Å². The van der Waals surface area contributed by atoms with Gasteiger partial charge in [0.25, 0.3) is 11.8 Å². The van der Waals surface area contributed by atoms with Gasteiger partial charge < -0.3 is 20.5 Å². The molecule has 1 heterocycles. The minimum absolute atomic E-state index is 0.0431. The first-order valence-electron chi connectivity index (χ1n) is 9.59.